The van der Waals surface area contributed by atoms with Crippen LogP contribution in [0.1, 0.15) is 0 Å². The van der Waals surface area contributed by atoms with Crippen molar-refractivity contribution in [3.8, 4) is 17.1 Å². The van der Waals surface area contributed by atoms with E-state index in [4.69, 9.17) is 16.3 Å². The van der Waals surface area contributed by atoms with Crippen LogP contribution in [0.4, 0.5) is 5.82 Å². The first-order chi connectivity index (χ1) is 14.1. The summed E-state index contributed by atoms with van der Waals surface area (Å²) in [5, 5.41) is 1.50. The van der Waals surface area contributed by atoms with E-state index in [-0.39, 0.29) is 5.91 Å². The molecule has 0 spiro atoms. The van der Waals surface area contributed by atoms with Gasteiger partial charge in [0.15, 0.2) is 0 Å². The first-order valence-corrected chi connectivity index (χ1v) is 9.75. The van der Waals surface area contributed by atoms with Gasteiger partial charge in [0.1, 0.15) is 5.82 Å². The van der Waals surface area contributed by atoms with Crippen molar-refractivity contribution >= 4 is 34.2 Å². The summed E-state index contributed by atoms with van der Waals surface area (Å²) in [6.45, 7) is 6.09. The number of carbonyl (C=O) groups excluding carboxylic acids is 1. The molecule has 1 aromatic heterocycles. The summed E-state index contributed by atoms with van der Waals surface area (Å²) in [4.78, 5) is 24.9. The molecular weight excluding hydrogens is 388 g/mol. The summed E-state index contributed by atoms with van der Waals surface area (Å²) in [6.07, 6.45) is 1.35. The van der Waals surface area contributed by atoms with Crippen LogP contribution in [0.25, 0.3) is 22.0 Å². The van der Waals surface area contributed by atoms with E-state index in [1.54, 1.807) is 12.0 Å². The van der Waals surface area contributed by atoms with Crippen LogP contribution in [0.2, 0.25) is 5.02 Å². The van der Waals surface area contributed by atoms with Crippen molar-refractivity contribution in [3.05, 3.63) is 60.1 Å². The van der Waals surface area contributed by atoms with Crippen molar-refractivity contribution < 1.29 is 9.53 Å². The molecule has 0 aliphatic carbocycles. The average Bonchev–Trinajstić information content (AvgIpc) is 2.78. The summed E-state index contributed by atoms with van der Waals surface area (Å²) >= 11 is 6.64. The molecule has 2 aromatic carbocycles. The number of carbonyl (C=O) groups is 1. The lowest BCUT2D eigenvalue weighted by molar-refractivity contribution is -0.126. The van der Waals surface area contributed by atoms with E-state index >= 15 is 0 Å². The molecule has 3 aromatic rings. The van der Waals surface area contributed by atoms with Crippen molar-refractivity contribution in [3.63, 3.8) is 0 Å². The number of anilines is 1. The lowest BCUT2D eigenvalue weighted by Crippen LogP contribution is -2.48. The number of nitrogens with zero attached hydrogens (tertiary/aromatic N) is 4. The Kier molecular flexibility index (Phi) is 5.36. The maximum Gasteiger partial charge on any atom is 0.318 e. The van der Waals surface area contributed by atoms with Crippen LogP contribution in [-0.4, -0.2) is 54.1 Å². The van der Waals surface area contributed by atoms with E-state index in [0.29, 0.717) is 37.2 Å². The fraction of sp³-hybridized carbons (Fsp3) is 0.227. The lowest BCUT2D eigenvalue weighted by Gasteiger charge is -2.35. The van der Waals surface area contributed by atoms with Gasteiger partial charge in [-0.15, -0.1) is 0 Å². The zero-order valence-corrected chi connectivity index (χ0v) is 16.9. The van der Waals surface area contributed by atoms with Crippen molar-refractivity contribution in [1.29, 1.82) is 0 Å². The van der Waals surface area contributed by atoms with E-state index < -0.39 is 0 Å². The molecule has 0 unspecified atom stereocenters. The monoisotopic (exact) mass is 408 g/mol. The second-order valence-electron chi connectivity index (χ2n) is 6.77. The molecule has 1 aliphatic heterocycles. The Labute approximate surface area is 174 Å². The zero-order valence-electron chi connectivity index (χ0n) is 16.1. The molecule has 2 heterocycles. The predicted molar refractivity (Wildman–Crippen MR) is 116 cm³/mol. The Morgan fingerprint density at radius 1 is 1.14 bits per heavy atom. The van der Waals surface area contributed by atoms with Gasteiger partial charge < -0.3 is 14.5 Å². The van der Waals surface area contributed by atoms with Crippen LogP contribution in [-0.2, 0) is 4.79 Å². The highest BCUT2D eigenvalue weighted by Gasteiger charge is 2.23. The highest BCUT2D eigenvalue weighted by molar-refractivity contribution is 6.34. The Hall–Kier alpha value is -3.12. The molecular formula is C22H21ClN4O2. The lowest BCUT2D eigenvalue weighted by atomic mass is 10.0. The topological polar surface area (TPSA) is 58.6 Å². The van der Waals surface area contributed by atoms with Gasteiger partial charge in [0, 0.05) is 42.2 Å². The number of piperazine rings is 1. The third kappa shape index (κ3) is 3.76. The smallest absolute Gasteiger partial charge is 0.318 e. The van der Waals surface area contributed by atoms with E-state index in [1.807, 2.05) is 42.5 Å². The number of methoxy groups -OCH3 is 1. The second-order valence-corrected chi connectivity index (χ2v) is 7.17. The minimum atomic E-state index is -0.0506. The highest BCUT2D eigenvalue weighted by Crippen LogP contribution is 2.35. The quantitative estimate of drug-likeness (QED) is 0.614. The Morgan fingerprint density at radius 2 is 1.86 bits per heavy atom. The number of benzene rings is 2. The second kappa shape index (κ2) is 8.09. The minimum absolute atomic E-state index is 0.0506. The molecule has 0 bridgehead atoms. The highest BCUT2D eigenvalue weighted by atomic mass is 35.5. The molecule has 0 radical (unpaired) electrons. The van der Waals surface area contributed by atoms with Gasteiger partial charge in [-0.05, 0) is 23.8 Å². The molecule has 1 amide bonds. The van der Waals surface area contributed by atoms with Gasteiger partial charge in [-0.25, -0.2) is 0 Å². The number of ether oxygens (including phenoxy) is 1. The van der Waals surface area contributed by atoms with Crippen LogP contribution in [0.5, 0.6) is 6.01 Å². The molecule has 1 aliphatic rings. The van der Waals surface area contributed by atoms with Gasteiger partial charge in [-0.3, -0.25) is 4.79 Å². The van der Waals surface area contributed by atoms with Crippen molar-refractivity contribution in [1.82, 2.24) is 14.9 Å². The molecule has 6 nitrogen and oxygen atoms in total. The van der Waals surface area contributed by atoms with Gasteiger partial charge in [-0.1, -0.05) is 48.5 Å². The summed E-state index contributed by atoms with van der Waals surface area (Å²) in [5.41, 5.74) is 2.70. The van der Waals surface area contributed by atoms with E-state index in [0.717, 1.165) is 27.8 Å². The predicted octanol–water partition coefficient (Wildman–Crippen LogP) is 3.79. The molecule has 0 N–H and O–H groups in total. The van der Waals surface area contributed by atoms with E-state index in [2.05, 4.69) is 21.4 Å². The molecule has 1 saturated heterocycles. The van der Waals surface area contributed by atoms with Crippen molar-refractivity contribution in [2.24, 2.45) is 0 Å². The first kappa shape index (κ1) is 19.2. The van der Waals surface area contributed by atoms with Gasteiger partial charge in [-0.2, -0.15) is 9.97 Å². The van der Waals surface area contributed by atoms with Crippen molar-refractivity contribution in [2.45, 2.75) is 0 Å². The summed E-state index contributed by atoms with van der Waals surface area (Å²) in [6, 6.07) is 14.1. The van der Waals surface area contributed by atoms with E-state index in [1.165, 1.54) is 6.08 Å². The number of amides is 1. The van der Waals surface area contributed by atoms with E-state index in [9.17, 15) is 4.79 Å². The minimum Gasteiger partial charge on any atom is -0.467 e. The molecule has 0 atom stereocenters. The van der Waals surface area contributed by atoms with Crippen LogP contribution in [0.3, 0.4) is 0 Å². The summed E-state index contributed by atoms with van der Waals surface area (Å²) in [7, 11) is 1.56. The fourth-order valence-corrected chi connectivity index (χ4v) is 3.82. The number of halogens is 1. The zero-order chi connectivity index (χ0) is 20.4. The van der Waals surface area contributed by atoms with Crippen molar-refractivity contribution in [2.75, 3.05) is 38.2 Å². The molecule has 29 heavy (non-hydrogen) atoms. The Morgan fingerprint density at radius 3 is 2.52 bits per heavy atom. The number of hydrogen-bond acceptors (Lipinski definition) is 5. The van der Waals surface area contributed by atoms with Gasteiger partial charge in [0.25, 0.3) is 0 Å². The van der Waals surface area contributed by atoms with Gasteiger partial charge >= 0.3 is 6.01 Å². The molecule has 1 fully saturated rings. The Balaban J connectivity index is 1.75. The standard InChI is InChI=1S/C22H21ClN4O2/c1-3-20(28)26-9-11-27(12-10-26)21-17-13-18(23)16(15-7-5-4-6-8-15)14-19(17)24-22(25-21)29-2/h3-8,13-14H,1,9-12H2,2H3. The number of aromatic nitrogens is 2. The van der Waals surface area contributed by atoms with Crippen LogP contribution in [0.15, 0.2) is 55.1 Å². The van der Waals surface area contributed by atoms with Crippen LogP contribution < -0.4 is 9.64 Å². The number of rotatable bonds is 4. The van der Waals surface area contributed by atoms with Crippen LogP contribution >= 0.6 is 11.6 Å². The SMILES string of the molecule is C=CC(=O)N1CCN(c2nc(OC)nc3cc(-c4ccccc4)c(Cl)cc23)CC1. The molecule has 148 valence electrons. The third-order valence-corrected chi connectivity index (χ3v) is 5.39. The molecule has 4 rings (SSSR count). The van der Waals surface area contributed by atoms with Gasteiger partial charge in [0.05, 0.1) is 12.6 Å². The average molecular weight is 409 g/mol. The first-order valence-electron chi connectivity index (χ1n) is 9.37. The number of fused-ring (bicyclic) bond motifs is 1. The fourth-order valence-electron chi connectivity index (χ4n) is 3.55. The summed E-state index contributed by atoms with van der Waals surface area (Å²) in [5.74, 6) is 0.712. The number of hydrogen-bond donors (Lipinski definition) is 0. The molecule has 7 heteroatoms. The third-order valence-electron chi connectivity index (χ3n) is 5.08. The summed E-state index contributed by atoms with van der Waals surface area (Å²) < 4.78 is 5.35. The maximum absolute atomic E-state index is 11.9. The Bertz CT molecular complexity index is 1060. The van der Waals surface area contributed by atoms with Gasteiger partial charge in [0.2, 0.25) is 5.91 Å². The maximum atomic E-state index is 11.9. The van der Waals surface area contributed by atoms with Crippen LogP contribution in [0, 0.1) is 0 Å². The molecule has 0 saturated carbocycles. The normalized spacial score (nSPS) is 14.1. The largest absolute Gasteiger partial charge is 0.467 e.